The minimum Gasteiger partial charge on any atom is -0.340 e. The van der Waals surface area contributed by atoms with E-state index in [9.17, 15) is 4.79 Å². The van der Waals surface area contributed by atoms with E-state index in [0.717, 1.165) is 73.7 Å². The third-order valence-corrected chi connectivity index (χ3v) is 6.45. The largest absolute Gasteiger partial charge is 0.340 e. The van der Waals surface area contributed by atoms with Crippen LogP contribution in [0.25, 0.3) is 22.3 Å². The maximum absolute atomic E-state index is 12.3. The zero-order valence-electron chi connectivity index (χ0n) is 18.8. The predicted molar refractivity (Wildman–Crippen MR) is 129 cm³/mol. The van der Waals surface area contributed by atoms with Crippen LogP contribution in [0.2, 0.25) is 0 Å². The minimum absolute atomic E-state index is 0.303. The summed E-state index contributed by atoms with van der Waals surface area (Å²) in [6, 6.07) is 12.0. The number of nitrogens with zero attached hydrogens (tertiary/aromatic N) is 6. The molecule has 4 heterocycles. The van der Waals surface area contributed by atoms with Gasteiger partial charge in [0.15, 0.2) is 0 Å². The first-order valence-corrected chi connectivity index (χ1v) is 11.7. The quantitative estimate of drug-likeness (QED) is 0.461. The summed E-state index contributed by atoms with van der Waals surface area (Å²) in [5, 5.41) is 3.30. The number of imidazole rings is 1. The van der Waals surface area contributed by atoms with Crippen LogP contribution in [0.4, 0.5) is 11.8 Å². The van der Waals surface area contributed by atoms with Crippen LogP contribution in [0.3, 0.4) is 0 Å². The Balaban J connectivity index is 1.11. The van der Waals surface area contributed by atoms with E-state index in [-0.39, 0.29) is 0 Å². The van der Waals surface area contributed by atoms with Gasteiger partial charge in [-0.3, -0.25) is 9.69 Å². The van der Waals surface area contributed by atoms with Crippen molar-refractivity contribution in [3.63, 3.8) is 0 Å². The molecule has 3 aromatic heterocycles. The normalized spacial score (nSPS) is 16.6. The number of carbonyl (C=O) groups excluding carboxylic acids is 1. The molecule has 1 saturated heterocycles. The lowest BCUT2D eigenvalue weighted by Gasteiger charge is -2.34. The van der Waals surface area contributed by atoms with Gasteiger partial charge in [0, 0.05) is 56.6 Å². The van der Waals surface area contributed by atoms with Crippen molar-refractivity contribution in [2.45, 2.75) is 19.4 Å². The van der Waals surface area contributed by atoms with Crippen molar-refractivity contribution in [1.82, 2.24) is 34.7 Å². The Morgan fingerprint density at radius 1 is 1.03 bits per heavy atom. The van der Waals surface area contributed by atoms with Crippen molar-refractivity contribution >= 4 is 28.7 Å². The van der Waals surface area contributed by atoms with E-state index in [4.69, 9.17) is 0 Å². The minimum atomic E-state index is 0.303. The number of hydrogen-bond donors (Lipinski definition) is 2. The van der Waals surface area contributed by atoms with Gasteiger partial charge in [0.2, 0.25) is 11.9 Å². The second-order valence-corrected chi connectivity index (χ2v) is 8.96. The molecule has 0 bridgehead atoms. The molecule has 2 N–H and O–H groups in total. The van der Waals surface area contributed by atoms with Crippen LogP contribution in [0, 0.1) is 5.92 Å². The molecule has 34 heavy (non-hydrogen) atoms. The fourth-order valence-electron chi connectivity index (χ4n) is 4.42. The maximum Gasteiger partial charge on any atom is 0.225 e. The van der Waals surface area contributed by atoms with Gasteiger partial charge in [0.25, 0.3) is 0 Å². The van der Waals surface area contributed by atoms with Crippen LogP contribution in [-0.4, -0.2) is 66.8 Å². The molecule has 9 heteroatoms. The van der Waals surface area contributed by atoms with Crippen molar-refractivity contribution in [1.29, 1.82) is 0 Å². The molecule has 1 amide bonds. The molecule has 1 saturated carbocycles. The van der Waals surface area contributed by atoms with E-state index in [1.807, 2.05) is 41.4 Å². The topological polar surface area (TPSA) is 103 Å². The second-order valence-electron chi connectivity index (χ2n) is 8.96. The number of nitrogens with one attached hydrogen (secondary N) is 2. The van der Waals surface area contributed by atoms with Gasteiger partial charge in [0.05, 0.1) is 16.7 Å². The van der Waals surface area contributed by atoms with E-state index in [1.165, 1.54) is 5.56 Å². The highest BCUT2D eigenvalue weighted by Gasteiger charge is 2.34. The summed E-state index contributed by atoms with van der Waals surface area (Å²) in [5.74, 6) is 2.05. The van der Waals surface area contributed by atoms with Crippen molar-refractivity contribution in [2.75, 3.05) is 31.5 Å². The third-order valence-electron chi connectivity index (χ3n) is 6.45. The van der Waals surface area contributed by atoms with Crippen LogP contribution in [0.1, 0.15) is 18.4 Å². The Bertz CT molecular complexity index is 1310. The fraction of sp³-hybridized carbons (Fsp3) is 0.320. The van der Waals surface area contributed by atoms with E-state index in [2.05, 4.69) is 41.2 Å². The number of rotatable bonds is 6. The van der Waals surface area contributed by atoms with E-state index in [0.29, 0.717) is 17.8 Å². The lowest BCUT2D eigenvalue weighted by atomic mass is 10.1. The average molecular weight is 455 g/mol. The molecule has 2 fully saturated rings. The van der Waals surface area contributed by atoms with Gasteiger partial charge in [0.1, 0.15) is 12.1 Å². The lowest BCUT2D eigenvalue weighted by molar-refractivity contribution is -0.134. The van der Waals surface area contributed by atoms with Crippen LogP contribution >= 0.6 is 0 Å². The first-order chi connectivity index (χ1) is 16.7. The van der Waals surface area contributed by atoms with Crippen molar-refractivity contribution in [2.24, 2.45) is 5.92 Å². The summed E-state index contributed by atoms with van der Waals surface area (Å²) in [4.78, 5) is 37.4. The summed E-state index contributed by atoms with van der Waals surface area (Å²) in [7, 11) is 0. The van der Waals surface area contributed by atoms with Crippen LogP contribution in [0.5, 0.6) is 0 Å². The smallest absolute Gasteiger partial charge is 0.225 e. The predicted octanol–water partition coefficient (Wildman–Crippen LogP) is 3.21. The zero-order valence-corrected chi connectivity index (χ0v) is 18.8. The maximum atomic E-state index is 12.3. The number of aromatic nitrogens is 5. The summed E-state index contributed by atoms with van der Waals surface area (Å²) < 4.78 is 0. The summed E-state index contributed by atoms with van der Waals surface area (Å²) in [6.45, 7) is 4.29. The number of pyridine rings is 1. The van der Waals surface area contributed by atoms with Gasteiger partial charge in [-0.05, 0) is 48.7 Å². The lowest BCUT2D eigenvalue weighted by Crippen LogP contribution is -2.48. The first-order valence-electron chi connectivity index (χ1n) is 11.7. The highest BCUT2D eigenvalue weighted by Crippen LogP contribution is 2.31. The van der Waals surface area contributed by atoms with Gasteiger partial charge in [-0.15, -0.1) is 0 Å². The Morgan fingerprint density at radius 2 is 1.91 bits per heavy atom. The average Bonchev–Trinajstić information content (AvgIpc) is 3.64. The highest BCUT2D eigenvalue weighted by atomic mass is 16.2. The SMILES string of the molecule is O=C(C1CC1)N1CCN(Cc2ccnc(Nc3nc4ccc(-c5ccncn5)cc4[nH]3)c2)CC1. The number of carbonyl (C=O) groups is 1. The molecular weight excluding hydrogens is 428 g/mol. The van der Waals surface area contributed by atoms with E-state index in [1.54, 1.807) is 12.5 Å². The van der Waals surface area contributed by atoms with E-state index >= 15 is 0 Å². The number of amides is 1. The molecule has 4 aromatic rings. The molecular formula is C25H26N8O. The fourth-order valence-corrected chi connectivity index (χ4v) is 4.42. The molecule has 0 spiro atoms. The van der Waals surface area contributed by atoms with Crippen LogP contribution in [-0.2, 0) is 11.3 Å². The van der Waals surface area contributed by atoms with Gasteiger partial charge >= 0.3 is 0 Å². The van der Waals surface area contributed by atoms with Crippen molar-refractivity contribution < 1.29 is 4.79 Å². The molecule has 6 rings (SSSR count). The Labute approximate surface area is 197 Å². The zero-order chi connectivity index (χ0) is 22.9. The van der Waals surface area contributed by atoms with Crippen LogP contribution < -0.4 is 5.32 Å². The summed E-state index contributed by atoms with van der Waals surface area (Å²) in [5.41, 5.74) is 4.85. The van der Waals surface area contributed by atoms with Gasteiger partial charge in [-0.1, -0.05) is 6.07 Å². The third kappa shape index (κ3) is 4.47. The van der Waals surface area contributed by atoms with Gasteiger partial charge in [-0.25, -0.2) is 19.9 Å². The Hall–Kier alpha value is -3.85. The number of benzene rings is 1. The summed E-state index contributed by atoms with van der Waals surface area (Å²) in [6.07, 6.45) is 7.24. The second kappa shape index (κ2) is 8.83. The molecule has 172 valence electrons. The molecule has 0 unspecified atom stereocenters. The summed E-state index contributed by atoms with van der Waals surface area (Å²) >= 11 is 0. The van der Waals surface area contributed by atoms with Crippen LogP contribution in [0.15, 0.2) is 55.1 Å². The number of hydrogen-bond acceptors (Lipinski definition) is 7. The van der Waals surface area contributed by atoms with Crippen molar-refractivity contribution in [3.8, 4) is 11.3 Å². The van der Waals surface area contributed by atoms with Gasteiger partial charge < -0.3 is 15.2 Å². The molecule has 9 nitrogen and oxygen atoms in total. The van der Waals surface area contributed by atoms with E-state index < -0.39 is 0 Å². The molecule has 2 aliphatic rings. The first kappa shape index (κ1) is 20.7. The standard InChI is InChI=1S/C25H26N8O/c34-24(18-1-2-18)33-11-9-32(10-12-33)15-17-5-8-27-23(13-17)31-25-29-21-4-3-19(14-22(21)30-25)20-6-7-26-16-28-20/h3-8,13-14,16,18H,1-2,9-12,15H2,(H2,27,29,30,31). The number of piperazine rings is 1. The molecule has 1 aliphatic heterocycles. The highest BCUT2D eigenvalue weighted by molar-refractivity contribution is 5.83. The number of H-pyrrole nitrogens is 1. The number of fused-ring (bicyclic) bond motifs is 1. The molecule has 0 radical (unpaired) electrons. The molecule has 1 aromatic carbocycles. The molecule has 0 atom stereocenters. The number of anilines is 2. The van der Waals surface area contributed by atoms with Crippen molar-refractivity contribution in [3.05, 3.63) is 60.7 Å². The Morgan fingerprint density at radius 3 is 2.71 bits per heavy atom. The van der Waals surface area contributed by atoms with Gasteiger partial charge in [-0.2, -0.15) is 0 Å². The monoisotopic (exact) mass is 454 g/mol. The number of aromatic amines is 1. The molecule has 1 aliphatic carbocycles. The Kier molecular flexibility index (Phi) is 5.38.